The van der Waals surface area contributed by atoms with E-state index >= 15 is 0 Å². The molecule has 0 fully saturated rings. The maximum atomic E-state index is 12.1. The van der Waals surface area contributed by atoms with Crippen molar-refractivity contribution in [3.63, 3.8) is 0 Å². The number of benzene rings is 1. The lowest BCUT2D eigenvalue weighted by Gasteiger charge is -2.23. The van der Waals surface area contributed by atoms with Crippen molar-refractivity contribution in [3.8, 4) is 0 Å². The highest BCUT2D eigenvalue weighted by molar-refractivity contribution is 8.01. The number of aryl methyl sites for hydroxylation is 1. The number of furan rings is 1. The zero-order valence-corrected chi connectivity index (χ0v) is 15.1. The molecule has 0 spiro atoms. The van der Waals surface area contributed by atoms with E-state index < -0.39 is 17.2 Å². The number of carbonyl (C=O) groups excluding carboxylic acids is 3. The van der Waals surface area contributed by atoms with Crippen molar-refractivity contribution in [1.82, 2.24) is 0 Å². The van der Waals surface area contributed by atoms with Crippen LogP contribution >= 0.6 is 11.8 Å². The molecule has 0 radical (unpaired) electrons. The number of ether oxygens (including phenoxy) is 2. The second kappa shape index (κ2) is 7.65. The van der Waals surface area contributed by atoms with Gasteiger partial charge >= 0.3 is 11.9 Å². The molecule has 1 unspecified atom stereocenters. The van der Waals surface area contributed by atoms with Crippen LogP contribution in [0, 0.1) is 6.92 Å². The molecule has 1 atom stereocenters. The second-order valence-corrected chi connectivity index (χ2v) is 6.88. The maximum absolute atomic E-state index is 12.1. The highest BCUT2D eigenvalue weighted by Crippen LogP contribution is 2.36. The molecule has 0 aliphatic carbocycles. The summed E-state index contributed by atoms with van der Waals surface area (Å²) in [5.41, 5.74) is 1.03. The Labute approximate surface area is 154 Å². The maximum Gasteiger partial charge on any atom is 0.341 e. The molecule has 8 heteroatoms. The molecule has 2 heterocycles. The molecule has 0 saturated carbocycles. The Hall–Kier alpha value is -2.74. The van der Waals surface area contributed by atoms with Gasteiger partial charge < -0.3 is 19.2 Å². The number of hydrogen-bond donors (Lipinski definition) is 1. The number of fused-ring (bicyclic) bond motifs is 1. The first kappa shape index (κ1) is 18.1. The van der Waals surface area contributed by atoms with E-state index in [-0.39, 0.29) is 24.5 Å². The van der Waals surface area contributed by atoms with E-state index in [1.54, 1.807) is 6.92 Å². The fourth-order valence-corrected chi connectivity index (χ4v) is 3.61. The summed E-state index contributed by atoms with van der Waals surface area (Å²) < 4.78 is 15.2. The van der Waals surface area contributed by atoms with Gasteiger partial charge in [-0.25, -0.2) is 4.79 Å². The van der Waals surface area contributed by atoms with E-state index in [1.165, 1.54) is 24.9 Å². The summed E-state index contributed by atoms with van der Waals surface area (Å²) in [6.07, 6.45) is -0.0611. The molecule has 136 valence electrons. The largest absolute Gasteiger partial charge is 0.465 e. The Morgan fingerprint density at radius 2 is 2.08 bits per heavy atom. The van der Waals surface area contributed by atoms with Crippen LogP contribution in [0.4, 0.5) is 5.69 Å². The third-order valence-electron chi connectivity index (χ3n) is 3.81. The normalized spacial score (nSPS) is 15.8. The van der Waals surface area contributed by atoms with Crippen LogP contribution in [0.15, 0.2) is 39.6 Å². The summed E-state index contributed by atoms with van der Waals surface area (Å²) in [5.74, 6) is -0.542. The molecular formula is C18H17NO6S. The highest BCUT2D eigenvalue weighted by atomic mass is 32.2. The number of methoxy groups -OCH3 is 1. The lowest BCUT2D eigenvalue weighted by molar-refractivity contribution is -0.146. The number of rotatable bonds is 5. The lowest BCUT2D eigenvalue weighted by Crippen LogP contribution is -2.31. The first-order valence-corrected chi connectivity index (χ1v) is 8.75. The van der Waals surface area contributed by atoms with Gasteiger partial charge in [-0.15, -0.1) is 11.8 Å². The van der Waals surface area contributed by atoms with Crippen molar-refractivity contribution < 1.29 is 28.3 Å². The summed E-state index contributed by atoms with van der Waals surface area (Å²) in [7, 11) is 1.28. The molecule has 1 aromatic heterocycles. The minimum absolute atomic E-state index is 0.0611. The van der Waals surface area contributed by atoms with Gasteiger partial charge in [-0.1, -0.05) is 12.1 Å². The summed E-state index contributed by atoms with van der Waals surface area (Å²) in [5, 5.41) is 2.23. The Bertz CT molecular complexity index is 859. The van der Waals surface area contributed by atoms with E-state index in [1.807, 2.05) is 24.3 Å². The van der Waals surface area contributed by atoms with Crippen molar-refractivity contribution >= 4 is 35.3 Å². The van der Waals surface area contributed by atoms with Crippen molar-refractivity contribution in [1.29, 1.82) is 0 Å². The third-order valence-corrected chi connectivity index (χ3v) is 5.08. The molecule has 1 amide bonds. The molecule has 0 saturated heterocycles. The van der Waals surface area contributed by atoms with Crippen molar-refractivity contribution in [3.05, 3.63) is 47.4 Å². The number of thioether (sulfide) groups is 1. The Kier molecular flexibility index (Phi) is 5.32. The van der Waals surface area contributed by atoms with Crippen LogP contribution in [-0.2, 0) is 25.7 Å². The van der Waals surface area contributed by atoms with Crippen LogP contribution in [0.25, 0.3) is 0 Å². The van der Waals surface area contributed by atoms with Crippen molar-refractivity contribution in [2.24, 2.45) is 0 Å². The first-order chi connectivity index (χ1) is 12.5. The minimum atomic E-state index is -0.554. The average Bonchev–Trinajstić information content (AvgIpc) is 3.00. The predicted octanol–water partition coefficient (Wildman–Crippen LogP) is 2.92. The molecular weight excluding hydrogens is 358 g/mol. The molecule has 7 nitrogen and oxygen atoms in total. The van der Waals surface area contributed by atoms with E-state index in [2.05, 4.69) is 10.1 Å². The van der Waals surface area contributed by atoms with Crippen molar-refractivity contribution in [2.45, 2.75) is 30.1 Å². The fourth-order valence-electron chi connectivity index (χ4n) is 2.52. The third kappa shape index (κ3) is 3.91. The van der Waals surface area contributed by atoms with Gasteiger partial charge in [0.15, 0.2) is 0 Å². The van der Waals surface area contributed by atoms with Crippen LogP contribution in [-0.4, -0.2) is 30.2 Å². The van der Waals surface area contributed by atoms with Gasteiger partial charge in [-0.3, -0.25) is 9.59 Å². The minimum Gasteiger partial charge on any atom is -0.465 e. The van der Waals surface area contributed by atoms with Gasteiger partial charge in [0.2, 0.25) is 5.91 Å². The lowest BCUT2D eigenvalue weighted by atomic mass is 10.2. The van der Waals surface area contributed by atoms with Gasteiger partial charge in [-0.05, 0) is 25.1 Å². The Morgan fingerprint density at radius 1 is 1.31 bits per heavy atom. The van der Waals surface area contributed by atoms with Gasteiger partial charge in [0, 0.05) is 4.90 Å². The fraction of sp³-hybridized carbons (Fsp3) is 0.278. The first-order valence-electron chi connectivity index (χ1n) is 7.87. The standard InChI is InChI=1S/C18H17NO6S/c1-10-12(18(22)23-2)7-11(25-10)9-24-16(20)8-15-17(21)19-13-5-3-4-6-14(13)26-15/h3-7,15H,8-9H2,1-2H3,(H,19,21). The molecule has 0 bridgehead atoms. The number of para-hydroxylation sites is 1. The van der Waals surface area contributed by atoms with Gasteiger partial charge in [0.25, 0.3) is 0 Å². The Balaban J connectivity index is 1.56. The molecule has 1 aliphatic heterocycles. The zero-order valence-electron chi connectivity index (χ0n) is 14.2. The zero-order chi connectivity index (χ0) is 18.7. The molecule has 26 heavy (non-hydrogen) atoms. The van der Waals surface area contributed by atoms with E-state index in [9.17, 15) is 14.4 Å². The molecule has 1 aliphatic rings. The SMILES string of the molecule is COC(=O)c1cc(COC(=O)CC2Sc3ccccc3NC2=O)oc1C. The van der Waals surface area contributed by atoms with Gasteiger partial charge in [0.1, 0.15) is 23.7 Å². The quantitative estimate of drug-likeness (QED) is 0.803. The number of nitrogens with one attached hydrogen (secondary N) is 1. The molecule has 2 aromatic rings. The van der Waals surface area contributed by atoms with Crippen LogP contribution in [0.2, 0.25) is 0 Å². The molecule has 1 aromatic carbocycles. The summed E-state index contributed by atoms with van der Waals surface area (Å²) >= 11 is 1.33. The monoisotopic (exact) mass is 375 g/mol. The summed E-state index contributed by atoms with van der Waals surface area (Å²) in [6, 6.07) is 8.89. The smallest absolute Gasteiger partial charge is 0.341 e. The number of amides is 1. The van der Waals surface area contributed by atoms with Crippen LogP contribution in [0.3, 0.4) is 0 Å². The van der Waals surface area contributed by atoms with Crippen LogP contribution in [0.1, 0.15) is 28.3 Å². The average molecular weight is 375 g/mol. The summed E-state index contributed by atoms with van der Waals surface area (Å²) in [4.78, 5) is 36.6. The molecule has 1 N–H and O–H groups in total. The van der Waals surface area contributed by atoms with E-state index in [0.29, 0.717) is 11.5 Å². The Morgan fingerprint density at radius 3 is 2.85 bits per heavy atom. The predicted molar refractivity (Wildman–Crippen MR) is 93.9 cm³/mol. The number of esters is 2. The highest BCUT2D eigenvalue weighted by Gasteiger charge is 2.29. The second-order valence-electron chi connectivity index (χ2n) is 5.63. The van der Waals surface area contributed by atoms with Crippen LogP contribution < -0.4 is 5.32 Å². The number of carbonyl (C=O) groups is 3. The van der Waals surface area contributed by atoms with E-state index in [0.717, 1.165) is 10.6 Å². The number of anilines is 1. The van der Waals surface area contributed by atoms with Gasteiger partial charge in [0.05, 0.1) is 24.5 Å². The van der Waals surface area contributed by atoms with Crippen LogP contribution in [0.5, 0.6) is 0 Å². The number of hydrogen-bond acceptors (Lipinski definition) is 7. The molecule has 3 rings (SSSR count). The van der Waals surface area contributed by atoms with E-state index in [4.69, 9.17) is 9.15 Å². The van der Waals surface area contributed by atoms with Gasteiger partial charge in [-0.2, -0.15) is 0 Å². The van der Waals surface area contributed by atoms with Crippen molar-refractivity contribution in [2.75, 3.05) is 12.4 Å². The topological polar surface area (TPSA) is 94.8 Å². The summed E-state index contributed by atoms with van der Waals surface area (Å²) in [6.45, 7) is 1.50.